The van der Waals surface area contributed by atoms with Crippen molar-refractivity contribution in [3.63, 3.8) is 0 Å². The van der Waals surface area contributed by atoms with Crippen LogP contribution in [0.25, 0.3) is 0 Å². The van der Waals surface area contributed by atoms with E-state index in [1.807, 2.05) is 32.0 Å². The number of benzene rings is 1. The number of hydrogen-bond donors (Lipinski definition) is 2. The fourth-order valence-electron chi connectivity index (χ4n) is 2.43. The summed E-state index contributed by atoms with van der Waals surface area (Å²) in [5, 5.41) is 2.81. The number of hydrogen-bond acceptors (Lipinski definition) is 4. The molecule has 1 unspecified atom stereocenters. The van der Waals surface area contributed by atoms with E-state index >= 15 is 0 Å². The third kappa shape index (κ3) is 4.84. The minimum atomic E-state index is -0.472. The van der Waals surface area contributed by atoms with Gasteiger partial charge >= 0.3 is 0 Å². The van der Waals surface area contributed by atoms with E-state index in [-0.39, 0.29) is 36.6 Å². The van der Waals surface area contributed by atoms with E-state index in [1.54, 1.807) is 18.1 Å². The minimum absolute atomic E-state index is 0. The van der Waals surface area contributed by atoms with Gasteiger partial charge in [-0.15, -0.1) is 12.4 Å². The molecule has 6 nitrogen and oxygen atoms in total. The largest absolute Gasteiger partial charge is 0.495 e. The number of carbonyl (C=O) groups is 2. The molecule has 128 valence electrons. The molecule has 3 N–H and O–H groups in total. The molecule has 1 aromatic carbocycles. The molecule has 0 saturated carbocycles. The fourth-order valence-corrected chi connectivity index (χ4v) is 2.43. The second-order valence-corrected chi connectivity index (χ2v) is 6.28. The lowest BCUT2D eigenvalue weighted by Gasteiger charge is -2.21. The Morgan fingerprint density at radius 1 is 1.43 bits per heavy atom. The number of ether oxygens (including phenoxy) is 1. The first-order chi connectivity index (χ1) is 10.3. The van der Waals surface area contributed by atoms with Crippen LogP contribution in [0.15, 0.2) is 24.3 Å². The molecule has 23 heavy (non-hydrogen) atoms. The Kier molecular flexibility index (Phi) is 6.41. The molecule has 0 bridgehead atoms. The number of nitrogens with one attached hydrogen (secondary N) is 1. The predicted molar refractivity (Wildman–Crippen MR) is 92.0 cm³/mol. The molecule has 1 fully saturated rings. The Hall–Kier alpha value is -1.79. The van der Waals surface area contributed by atoms with Gasteiger partial charge in [0.15, 0.2) is 0 Å². The molecule has 1 atom stereocenters. The smallest absolute Gasteiger partial charge is 0.227 e. The maximum absolute atomic E-state index is 12.2. The van der Waals surface area contributed by atoms with Gasteiger partial charge in [-0.05, 0) is 26.0 Å². The molecule has 2 rings (SSSR count). The van der Waals surface area contributed by atoms with Crippen LogP contribution in [0.3, 0.4) is 0 Å². The Balaban J connectivity index is 0.00000264. The molecule has 1 aromatic rings. The summed E-state index contributed by atoms with van der Waals surface area (Å²) in [6.07, 6.45) is 0.203. The van der Waals surface area contributed by atoms with Crippen molar-refractivity contribution in [1.82, 2.24) is 5.32 Å². The fraction of sp³-hybridized carbons (Fsp3) is 0.500. The zero-order valence-electron chi connectivity index (χ0n) is 13.7. The summed E-state index contributed by atoms with van der Waals surface area (Å²) in [4.78, 5) is 26.0. The highest BCUT2D eigenvalue weighted by Crippen LogP contribution is 2.32. The number of para-hydroxylation sites is 2. The van der Waals surface area contributed by atoms with Gasteiger partial charge in [0.2, 0.25) is 11.8 Å². The van der Waals surface area contributed by atoms with Crippen molar-refractivity contribution < 1.29 is 14.3 Å². The van der Waals surface area contributed by atoms with Gasteiger partial charge < -0.3 is 20.7 Å². The lowest BCUT2D eigenvalue weighted by Crippen LogP contribution is -2.46. The van der Waals surface area contributed by atoms with Gasteiger partial charge in [0, 0.05) is 25.0 Å². The molecule has 1 saturated heterocycles. The minimum Gasteiger partial charge on any atom is -0.495 e. The third-order valence-electron chi connectivity index (χ3n) is 3.59. The molecule has 7 heteroatoms. The third-order valence-corrected chi connectivity index (χ3v) is 3.59. The summed E-state index contributed by atoms with van der Waals surface area (Å²) in [5.41, 5.74) is 6.08. The summed E-state index contributed by atoms with van der Waals surface area (Å²) < 4.78 is 5.28. The zero-order valence-corrected chi connectivity index (χ0v) is 14.5. The van der Waals surface area contributed by atoms with Gasteiger partial charge in [-0.25, -0.2) is 0 Å². The summed E-state index contributed by atoms with van der Waals surface area (Å²) in [5.74, 6) is 0.0562. The van der Waals surface area contributed by atoms with Crippen molar-refractivity contribution >= 4 is 29.9 Å². The van der Waals surface area contributed by atoms with Crippen LogP contribution in [0.1, 0.15) is 20.3 Å². The van der Waals surface area contributed by atoms with Gasteiger partial charge in [-0.2, -0.15) is 0 Å². The number of amides is 2. The number of rotatable bonds is 5. The Morgan fingerprint density at radius 3 is 2.70 bits per heavy atom. The molecule has 0 aliphatic carbocycles. The van der Waals surface area contributed by atoms with E-state index in [2.05, 4.69) is 5.32 Å². The van der Waals surface area contributed by atoms with Gasteiger partial charge in [-0.1, -0.05) is 12.1 Å². The van der Waals surface area contributed by atoms with E-state index in [0.717, 1.165) is 0 Å². The van der Waals surface area contributed by atoms with E-state index in [9.17, 15) is 9.59 Å². The van der Waals surface area contributed by atoms with Gasteiger partial charge in [-0.3, -0.25) is 9.59 Å². The SMILES string of the molecule is COc1ccccc1N1CC(C(=O)NCC(C)(C)N)CC1=O.Cl. The Bertz CT molecular complexity index is 572. The second kappa shape index (κ2) is 7.66. The highest BCUT2D eigenvalue weighted by molar-refractivity contribution is 6.01. The van der Waals surface area contributed by atoms with Gasteiger partial charge in [0.05, 0.1) is 18.7 Å². The maximum atomic E-state index is 12.2. The first kappa shape index (κ1) is 19.3. The van der Waals surface area contributed by atoms with Gasteiger partial charge in [0.25, 0.3) is 0 Å². The molecule has 0 radical (unpaired) electrons. The number of methoxy groups -OCH3 is 1. The number of anilines is 1. The van der Waals surface area contributed by atoms with Crippen LogP contribution in [0.4, 0.5) is 5.69 Å². The topological polar surface area (TPSA) is 84.7 Å². The first-order valence-electron chi connectivity index (χ1n) is 7.32. The van der Waals surface area contributed by atoms with Crippen molar-refractivity contribution in [3.05, 3.63) is 24.3 Å². The quantitative estimate of drug-likeness (QED) is 0.846. The zero-order chi connectivity index (χ0) is 16.3. The lowest BCUT2D eigenvalue weighted by atomic mass is 10.1. The molecule has 1 aliphatic heterocycles. The molecule has 1 aliphatic rings. The van der Waals surface area contributed by atoms with Crippen molar-refractivity contribution in [1.29, 1.82) is 0 Å². The van der Waals surface area contributed by atoms with Crippen LogP contribution >= 0.6 is 12.4 Å². The molecular weight excluding hydrogens is 318 g/mol. The molecule has 0 aromatic heterocycles. The average molecular weight is 342 g/mol. The Morgan fingerprint density at radius 2 is 2.09 bits per heavy atom. The summed E-state index contributed by atoms with van der Waals surface area (Å²) in [6.45, 7) is 4.42. The number of nitrogens with zero attached hydrogens (tertiary/aromatic N) is 1. The van der Waals surface area contributed by atoms with Crippen LogP contribution in [0.5, 0.6) is 5.75 Å². The first-order valence-corrected chi connectivity index (χ1v) is 7.32. The van der Waals surface area contributed by atoms with E-state index in [1.165, 1.54) is 0 Å². The standard InChI is InChI=1S/C16H23N3O3.ClH/c1-16(2,17)10-18-15(21)11-8-14(20)19(9-11)12-6-4-5-7-13(12)22-3;/h4-7,11H,8-10,17H2,1-3H3,(H,18,21);1H. The van der Waals surface area contributed by atoms with E-state index in [4.69, 9.17) is 10.5 Å². The van der Waals surface area contributed by atoms with Crippen LogP contribution in [0, 0.1) is 5.92 Å². The molecular formula is C16H24ClN3O3. The maximum Gasteiger partial charge on any atom is 0.227 e. The number of nitrogens with two attached hydrogens (primary N) is 1. The molecule has 2 amide bonds. The number of halogens is 1. The highest BCUT2D eigenvalue weighted by Gasteiger charge is 2.36. The van der Waals surface area contributed by atoms with Crippen LogP contribution in [-0.2, 0) is 9.59 Å². The van der Waals surface area contributed by atoms with Crippen LogP contribution < -0.4 is 20.7 Å². The van der Waals surface area contributed by atoms with Crippen LogP contribution in [0.2, 0.25) is 0 Å². The molecule has 1 heterocycles. The van der Waals surface area contributed by atoms with Gasteiger partial charge in [0.1, 0.15) is 5.75 Å². The molecule has 0 spiro atoms. The van der Waals surface area contributed by atoms with E-state index < -0.39 is 5.54 Å². The summed E-state index contributed by atoms with van der Waals surface area (Å²) in [6, 6.07) is 7.30. The average Bonchev–Trinajstić information content (AvgIpc) is 2.86. The van der Waals surface area contributed by atoms with Crippen molar-refractivity contribution in [2.24, 2.45) is 11.7 Å². The highest BCUT2D eigenvalue weighted by atomic mass is 35.5. The Labute approximate surface area is 142 Å². The predicted octanol–water partition coefficient (Wildman–Crippen LogP) is 1.32. The van der Waals surface area contributed by atoms with Crippen molar-refractivity contribution in [2.75, 3.05) is 25.1 Å². The normalized spacial score (nSPS) is 17.7. The van der Waals surface area contributed by atoms with Crippen LogP contribution in [-0.4, -0.2) is 37.6 Å². The van der Waals surface area contributed by atoms with Crippen molar-refractivity contribution in [2.45, 2.75) is 25.8 Å². The second-order valence-electron chi connectivity index (χ2n) is 6.28. The lowest BCUT2D eigenvalue weighted by molar-refractivity contribution is -0.126. The summed E-state index contributed by atoms with van der Waals surface area (Å²) in [7, 11) is 1.56. The summed E-state index contributed by atoms with van der Waals surface area (Å²) >= 11 is 0. The monoisotopic (exact) mass is 341 g/mol. The number of carbonyl (C=O) groups excluding carboxylic acids is 2. The van der Waals surface area contributed by atoms with Crippen molar-refractivity contribution in [3.8, 4) is 5.75 Å². The van der Waals surface area contributed by atoms with E-state index in [0.29, 0.717) is 24.5 Å².